The van der Waals surface area contributed by atoms with Gasteiger partial charge in [-0.3, -0.25) is 0 Å². The topological polar surface area (TPSA) is 71.1 Å². The zero-order chi connectivity index (χ0) is 21.6. The van der Waals surface area contributed by atoms with Gasteiger partial charge in [0.15, 0.2) is 0 Å². The van der Waals surface area contributed by atoms with E-state index in [0.29, 0.717) is 22.3 Å². The van der Waals surface area contributed by atoms with Gasteiger partial charge in [0, 0.05) is 49.6 Å². The van der Waals surface area contributed by atoms with E-state index in [1.807, 2.05) is 12.1 Å². The molecule has 2 fully saturated rings. The van der Waals surface area contributed by atoms with Crippen LogP contribution >= 0.6 is 23.2 Å². The standard InChI is InChI=1S/C23H31Cl2N5O/c1-31-9-8-26-16-4-6-17(7-5-16)30-22-11-19(21(24)14-28-22)20-10-18(13-29-23(20)25)27-12-15-2-3-15/h10-11,13-17,26-27H,2-9,12H2,1H3,(H,28,30)/t16-,17-. The van der Waals surface area contributed by atoms with E-state index in [9.17, 15) is 0 Å². The Morgan fingerprint density at radius 2 is 1.74 bits per heavy atom. The molecule has 0 aliphatic heterocycles. The number of methoxy groups -OCH3 is 1. The number of nitrogens with zero attached hydrogens (tertiary/aromatic N) is 2. The molecule has 2 saturated carbocycles. The van der Waals surface area contributed by atoms with Crippen molar-refractivity contribution in [2.45, 2.75) is 50.6 Å². The molecule has 0 aromatic carbocycles. The summed E-state index contributed by atoms with van der Waals surface area (Å²) in [6, 6.07) is 4.98. The Morgan fingerprint density at radius 3 is 2.48 bits per heavy atom. The van der Waals surface area contributed by atoms with Gasteiger partial charge in [-0.2, -0.15) is 0 Å². The molecule has 2 aliphatic carbocycles. The second kappa shape index (κ2) is 10.8. The van der Waals surface area contributed by atoms with Crippen LogP contribution in [0.25, 0.3) is 11.1 Å². The predicted molar refractivity (Wildman–Crippen MR) is 128 cm³/mol. The molecule has 6 nitrogen and oxygen atoms in total. The summed E-state index contributed by atoms with van der Waals surface area (Å²) in [5, 5.41) is 11.6. The molecule has 4 rings (SSSR count). The van der Waals surface area contributed by atoms with Gasteiger partial charge in [-0.25, -0.2) is 9.97 Å². The zero-order valence-corrected chi connectivity index (χ0v) is 19.5. The minimum atomic E-state index is 0.405. The molecule has 2 aliphatic rings. The summed E-state index contributed by atoms with van der Waals surface area (Å²) in [7, 11) is 1.74. The Balaban J connectivity index is 1.40. The summed E-state index contributed by atoms with van der Waals surface area (Å²) in [6.45, 7) is 2.64. The van der Waals surface area contributed by atoms with E-state index in [2.05, 4.69) is 25.9 Å². The highest BCUT2D eigenvalue weighted by molar-refractivity contribution is 6.36. The van der Waals surface area contributed by atoms with Crippen molar-refractivity contribution in [2.75, 3.05) is 37.4 Å². The third-order valence-corrected chi connectivity index (χ3v) is 6.70. The van der Waals surface area contributed by atoms with Crippen LogP contribution < -0.4 is 16.0 Å². The van der Waals surface area contributed by atoms with Crippen LogP contribution in [0.4, 0.5) is 11.5 Å². The average molecular weight is 464 g/mol. The Kier molecular flexibility index (Phi) is 7.88. The molecular weight excluding hydrogens is 433 g/mol. The lowest BCUT2D eigenvalue weighted by atomic mass is 9.91. The molecule has 2 aromatic heterocycles. The molecule has 31 heavy (non-hydrogen) atoms. The number of ether oxygens (including phenoxy) is 1. The van der Waals surface area contributed by atoms with E-state index >= 15 is 0 Å². The fourth-order valence-electron chi connectivity index (χ4n) is 4.06. The third-order valence-electron chi connectivity index (χ3n) is 6.09. The van der Waals surface area contributed by atoms with E-state index in [1.165, 1.54) is 12.8 Å². The Bertz CT molecular complexity index is 869. The Morgan fingerprint density at radius 1 is 0.968 bits per heavy atom. The fourth-order valence-corrected chi connectivity index (χ4v) is 4.47. The Hall–Kier alpha value is -1.60. The van der Waals surface area contributed by atoms with Gasteiger partial charge in [-0.05, 0) is 56.6 Å². The number of pyridine rings is 2. The van der Waals surface area contributed by atoms with E-state index in [1.54, 1.807) is 19.5 Å². The maximum Gasteiger partial charge on any atom is 0.137 e. The summed E-state index contributed by atoms with van der Waals surface area (Å²) in [5.41, 5.74) is 2.64. The summed E-state index contributed by atoms with van der Waals surface area (Å²) < 4.78 is 5.12. The molecule has 8 heteroatoms. The maximum absolute atomic E-state index is 6.50. The monoisotopic (exact) mass is 463 g/mol. The SMILES string of the molecule is COCCN[C@H]1CC[C@H](Nc2cc(-c3cc(NCC4CC4)cnc3Cl)c(Cl)cn2)CC1. The van der Waals surface area contributed by atoms with Crippen molar-refractivity contribution < 1.29 is 4.74 Å². The molecule has 0 unspecified atom stereocenters. The van der Waals surface area contributed by atoms with Crippen molar-refractivity contribution in [1.82, 2.24) is 15.3 Å². The molecular formula is C23H31Cl2N5O. The van der Waals surface area contributed by atoms with Crippen LogP contribution in [0.2, 0.25) is 10.2 Å². The van der Waals surface area contributed by atoms with Gasteiger partial charge < -0.3 is 20.7 Å². The molecule has 0 saturated heterocycles. The first kappa shape index (κ1) is 22.6. The number of halogens is 2. The van der Waals surface area contributed by atoms with Gasteiger partial charge >= 0.3 is 0 Å². The Labute approximate surface area is 194 Å². The van der Waals surface area contributed by atoms with Crippen molar-refractivity contribution in [2.24, 2.45) is 5.92 Å². The number of anilines is 2. The van der Waals surface area contributed by atoms with Crippen LogP contribution in [-0.4, -0.2) is 48.9 Å². The third kappa shape index (κ3) is 6.45. The second-order valence-corrected chi connectivity index (χ2v) is 9.34. The highest BCUT2D eigenvalue weighted by Gasteiger charge is 2.22. The number of hydrogen-bond donors (Lipinski definition) is 3. The van der Waals surface area contributed by atoms with E-state index in [-0.39, 0.29) is 0 Å². The second-order valence-electron chi connectivity index (χ2n) is 8.58. The van der Waals surface area contributed by atoms with Crippen LogP contribution in [0.5, 0.6) is 0 Å². The molecule has 0 bridgehead atoms. The highest BCUT2D eigenvalue weighted by atomic mass is 35.5. The van der Waals surface area contributed by atoms with Crippen molar-refractivity contribution in [1.29, 1.82) is 0 Å². The predicted octanol–water partition coefficient (Wildman–Crippen LogP) is 5.23. The van der Waals surface area contributed by atoms with Crippen LogP contribution in [0.1, 0.15) is 38.5 Å². The lowest BCUT2D eigenvalue weighted by Gasteiger charge is -2.30. The summed E-state index contributed by atoms with van der Waals surface area (Å²) in [4.78, 5) is 8.87. The van der Waals surface area contributed by atoms with Crippen molar-refractivity contribution in [3.63, 3.8) is 0 Å². The number of nitrogens with one attached hydrogen (secondary N) is 3. The molecule has 0 radical (unpaired) electrons. The van der Waals surface area contributed by atoms with Gasteiger partial charge in [0.2, 0.25) is 0 Å². The smallest absolute Gasteiger partial charge is 0.137 e. The minimum absolute atomic E-state index is 0.405. The maximum atomic E-state index is 6.50. The van der Waals surface area contributed by atoms with Gasteiger partial charge in [0.25, 0.3) is 0 Å². The van der Waals surface area contributed by atoms with Crippen LogP contribution in [0.3, 0.4) is 0 Å². The van der Waals surface area contributed by atoms with Crippen LogP contribution in [0, 0.1) is 5.92 Å². The molecule has 0 spiro atoms. The molecule has 0 amide bonds. The first-order chi connectivity index (χ1) is 15.1. The lowest BCUT2D eigenvalue weighted by molar-refractivity contribution is 0.191. The van der Waals surface area contributed by atoms with Crippen LogP contribution in [0.15, 0.2) is 24.5 Å². The van der Waals surface area contributed by atoms with Gasteiger partial charge in [-0.15, -0.1) is 0 Å². The molecule has 0 atom stereocenters. The fraction of sp³-hybridized carbons (Fsp3) is 0.565. The van der Waals surface area contributed by atoms with E-state index in [0.717, 1.165) is 73.9 Å². The molecule has 2 aromatic rings. The summed E-state index contributed by atoms with van der Waals surface area (Å²) >= 11 is 12.9. The number of hydrogen-bond acceptors (Lipinski definition) is 6. The summed E-state index contributed by atoms with van der Waals surface area (Å²) in [5.74, 6) is 1.60. The normalized spacial score (nSPS) is 21.1. The van der Waals surface area contributed by atoms with Crippen molar-refractivity contribution >= 4 is 34.7 Å². The largest absolute Gasteiger partial charge is 0.384 e. The van der Waals surface area contributed by atoms with Gasteiger partial charge in [0.1, 0.15) is 11.0 Å². The van der Waals surface area contributed by atoms with E-state index in [4.69, 9.17) is 27.9 Å². The van der Waals surface area contributed by atoms with E-state index < -0.39 is 0 Å². The minimum Gasteiger partial charge on any atom is -0.384 e. The van der Waals surface area contributed by atoms with Gasteiger partial charge in [-0.1, -0.05) is 23.2 Å². The van der Waals surface area contributed by atoms with Crippen LogP contribution in [-0.2, 0) is 4.74 Å². The van der Waals surface area contributed by atoms with Crippen molar-refractivity contribution in [3.05, 3.63) is 34.7 Å². The highest BCUT2D eigenvalue weighted by Crippen LogP contribution is 2.36. The van der Waals surface area contributed by atoms with Crippen molar-refractivity contribution in [3.8, 4) is 11.1 Å². The molecule has 3 N–H and O–H groups in total. The quantitative estimate of drug-likeness (QED) is 0.330. The first-order valence-electron chi connectivity index (χ1n) is 11.2. The number of aromatic nitrogens is 2. The molecule has 168 valence electrons. The van der Waals surface area contributed by atoms with Gasteiger partial charge in [0.05, 0.1) is 23.5 Å². The first-order valence-corrected chi connectivity index (χ1v) is 11.9. The average Bonchev–Trinajstić information content (AvgIpc) is 3.61. The molecule has 2 heterocycles. The lowest BCUT2D eigenvalue weighted by Crippen LogP contribution is -2.38. The number of rotatable bonds is 10. The summed E-state index contributed by atoms with van der Waals surface area (Å²) in [6.07, 6.45) is 10.6. The zero-order valence-electron chi connectivity index (χ0n) is 18.0.